The number of nitrogens with zero attached hydrogens (tertiary/aromatic N) is 1. The number of aldehydes is 1. The predicted octanol–water partition coefficient (Wildman–Crippen LogP) is 2.51. The summed E-state index contributed by atoms with van der Waals surface area (Å²) in [5.74, 6) is 0.827. The molecule has 0 aliphatic rings. The molecule has 0 unspecified atom stereocenters. The molecule has 0 saturated heterocycles. The lowest BCUT2D eigenvalue weighted by Crippen LogP contribution is -1.96. The second-order valence-corrected chi connectivity index (χ2v) is 3.55. The van der Waals surface area contributed by atoms with Gasteiger partial charge in [-0.15, -0.1) is 0 Å². The molecular weight excluding hydrogens is 202 g/mol. The maximum absolute atomic E-state index is 10.7. The van der Waals surface area contributed by atoms with Crippen molar-refractivity contribution in [3.05, 3.63) is 42.1 Å². The lowest BCUT2D eigenvalue weighted by molar-refractivity contribution is 0.111. The summed E-state index contributed by atoms with van der Waals surface area (Å²) in [5.41, 5.74) is 2.76. The van der Waals surface area contributed by atoms with Gasteiger partial charge in [0.15, 0.2) is 6.29 Å². The van der Waals surface area contributed by atoms with Crippen LogP contribution in [-0.4, -0.2) is 18.0 Å². The molecule has 1 heterocycles. The van der Waals surface area contributed by atoms with Crippen LogP contribution in [0, 0.1) is 0 Å². The van der Waals surface area contributed by atoms with E-state index in [1.165, 1.54) is 0 Å². The Bertz CT molecular complexity index is 497. The smallest absolute Gasteiger partial charge is 0.166 e. The molecule has 3 heteroatoms. The van der Waals surface area contributed by atoms with Crippen LogP contribution in [0.2, 0.25) is 0 Å². The van der Waals surface area contributed by atoms with E-state index in [1.807, 2.05) is 48.0 Å². The van der Waals surface area contributed by atoms with E-state index >= 15 is 0 Å². The number of carbonyl (C=O) groups excluding carboxylic acids is 1. The molecule has 16 heavy (non-hydrogen) atoms. The average Bonchev–Trinajstić information content (AvgIpc) is 2.70. The topological polar surface area (TPSA) is 31.2 Å². The maximum Gasteiger partial charge on any atom is 0.166 e. The summed E-state index contributed by atoms with van der Waals surface area (Å²) in [6.07, 6.45) is 0.854. The SMILES string of the molecule is COc1ccc(-c2ccc(C=O)n2C)cc1. The van der Waals surface area contributed by atoms with Gasteiger partial charge in [0.25, 0.3) is 0 Å². The van der Waals surface area contributed by atoms with Crippen molar-refractivity contribution in [3.63, 3.8) is 0 Å². The van der Waals surface area contributed by atoms with E-state index in [1.54, 1.807) is 7.11 Å². The average molecular weight is 215 g/mol. The summed E-state index contributed by atoms with van der Waals surface area (Å²) in [6, 6.07) is 11.5. The first-order chi connectivity index (χ1) is 7.76. The Labute approximate surface area is 94.3 Å². The highest BCUT2D eigenvalue weighted by atomic mass is 16.5. The van der Waals surface area contributed by atoms with E-state index in [2.05, 4.69) is 0 Å². The van der Waals surface area contributed by atoms with Gasteiger partial charge in [-0.05, 0) is 42.0 Å². The minimum atomic E-state index is 0.672. The zero-order chi connectivity index (χ0) is 11.5. The third-order valence-electron chi connectivity index (χ3n) is 2.67. The Morgan fingerprint density at radius 1 is 1.12 bits per heavy atom. The molecule has 3 nitrogen and oxygen atoms in total. The second-order valence-electron chi connectivity index (χ2n) is 3.55. The minimum Gasteiger partial charge on any atom is -0.497 e. The molecule has 0 amide bonds. The van der Waals surface area contributed by atoms with Crippen molar-refractivity contribution < 1.29 is 9.53 Å². The van der Waals surface area contributed by atoms with Gasteiger partial charge in [0, 0.05) is 12.7 Å². The first-order valence-corrected chi connectivity index (χ1v) is 5.01. The molecular formula is C13H13NO2. The second kappa shape index (κ2) is 4.23. The molecule has 82 valence electrons. The van der Waals surface area contributed by atoms with Crippen LogP contribution in [0.1, 0.15) is 10.5 Å². The van der Waals surface area contributed by atoms with E-state index in [4.69, 9.17) is 4.74 Å². The van der Waals surface area contributed by atoms with Crippen LogP contribution >= 0.6 is 0 Å². The number of carbonyl (C=O) groups is 1. The van der Waals surface area contributed by atoms with Crippen molar-refractivity contribution in [2.45, 2.75) is 0 Å². The number of methoxy groups -OCH3 is 1. The van der Waals surface area contributed by atoms with Crippen LogP contribution in [0.25, 0.3) is 11.3 Å². The quantitative estimate of drug-likeness (QED) is 0.737. The van der Waals surface area contributed by atoms with Crippen LogP contribution < -0.4 is 4.74 Å². The van der Waals surface area contributed by atoms with Crippen LogP contribution in [0.4, 0.5) is 0 Å². The molecule has 0 bridgehead atoms. The molecule has 0 radical (unpaired) electrons. The van der Waals surface area contributed by atoms with Gasteiger partial charge in [-0.2, -0.15) is 0 Å². The molecule has 0 N–H and O–H groups in total. The standard InChI is InChI=1S/C13H13NO2/c1-14-11(9-15)5-8-13(14)10-3-6-12(16-2)7-4-10/h3-9H,1-2H3. The Balaban J connectivity index is 2.42. The number of hydrogen-bond donors (Lipinski definition) is 0. The summed E-state index contributed by atoms with van der Waals surface area (Å²) >= 11 is 0. The summed E-state index contributed by atoms with van der Waals surface area (Å²) in [7, 11) is 3.52. The molecule has 0 atom stereocenters. The van der Waals surface area contributed by atoms with Crippen LogP contribution in [0.5, 0.6) is 5.75 Å². The van der Waals surface area contributed by atoms with Crippen molar-refractivity contribution in [2.24, 2.45) is 7.05 Å². The van der Waals surface area contributed by atoms with Gasteiger partial charge < -0.3 is 9.30 Å². The molecule has 0 saturated carbocycles. The number of rotatable bonds is 3. The molecule has 0 aliphatic heterocycles. The number of ether oxygens (including phenoxy) is 1. The zero-order valence-electron chi connectivity index (χ0n) is 9.31. The van der Waals surface area contributed by atoms with Crippen molar-refractivity contribution >= 4 is 6.29 Å². The van der Waals surface area contributed by atoms with Gasteiger partial charge in [-0.1, -0.05) is 0 Å². The lowest BCUT2D eigenvalue weighted by Gasteiger charge is -2.05. The Hall–Kier alpha value is -2.03. The Morgan fingerprint density at radius 2 is 1.81 bits per heavy atom. The van der Waals surface area contributed by atoms with Gasteiger partial charge in [0.05, 0.1) is 12.8 Å². The zero-order valence-corrected chi connectivity index (χ0v) is 9.31. The lowest BCUT2D eigenvalue weighted by atomic mass is 10.1. The van der Waals surface area contributed by atoms with E-state index in [0.29, 0.717) is 5.69 Å². The molecule has 0 spiro atoms. The van der Waals surface area contributed by atoms with Crippen molar-refractivity contribution in [1.82, 2.24) is 4.57 Å². The summed E-state index contributed by atoms with van der Waals surface area (Å²) in [6.45, 7) is 0. The van der Waals surface area contributed by atoms with Crippen LogP contribution in [-0.2, 0) is 7.05 Å². The third-order valence-corrected chi connectivity index (χ3v) is 2.67. The maximum atomic E-state index is 10.7. The van der Waals surface area contributed by atoms with Crippen LogP contribution in [0.15, 0.2) is 36.4 Å². The van der Waals surface area contributed by atoms with Crippen molar-refractivity contribution in [2.75, 3.05) is 7.11 Å². The van der Waals surface area contributed by atoms with E-state index in [0.717, 1.165) is 23.3 Å². The normalized spacial score (nSPS) is 10.1. The fourth-order valence-corrected chi connectivity index (χ4v) is 1.70. The van der Waals surface area contributed by atoms with Crippen molar-refractivity contribution in [1.29, 1.82) is 0 Å². The van der Waals surface area contributed by atoms with Crippen LogP contribution in [0.3, 0.4) is 0 Å². The largest absolute Gasteiger partial charge is 0.497 e. The third kappa shape index (κ3) is 1.72. The summed E-state index contributed by atoms with van der Waals surface area (Å²) in [5, 5.41) is 0. The Morgan fingerprint density at radius 3 is 2.31 bits per heavy atom. The molecule has 1 aromatic carbocycles. The fourth-order valence-electron chi connectivity index (χ4n) is 1.70. The molecule has 1 aromatic heterocycles. The van der Waals surface area contributed by atoms with Gasteiger partial charge >= 0.3 is 0 Å². The summed E-state index contributed by atoms with van der Waals surface area (Å²) < 4.78 is 6.97. The minimum absolute atomic E-state index is 0.672. The highest BCUT2D eigenvalue weighted by molar-refractivity contribution is 5.76. The fraction of sp³-hybridized carbons (Fsp3) is 0.154. The van der Waals surface area contributed by atoms with Gasteiger partial charge in [-0.3, -0.25) is 4.79 Å². The highest BCUT2D eigenvalue weighted by Gasteiger charge is 2.05. The van der Waals surface area contributed by atoms with E-state index in [-0.39, 0.29) is 0 Å². The van der Waals surface area contributed by atoms with Gasteiger partial charge in [0.2, 0.25) is 0 Å². The molecule has 0 aliphatic carbocycles. The first-order valence-electron chi connectivity index (χ1n) is 5.01. The number of aromatic nitrogens is 1. The monoisotopic (exact) mass is 215 g/mol. The summed E-state index contributed by atoms with van der Waals surface area (Å²) in [4.78, 5) is 10.7. The van der Waals surface area contributed by atoms with Crippen molar-refractivity contribution in [3.8, 4) is 17.0 Å². The first kappa shape index (κ1) is 10.5. The van der Waals surface area contributed by atoms with E-state index in [9.17, 15) is 4.79 Å². The highest BCUT2D eigenvalue weighted by Crippen LogP contribution is 2.23. The molecule has 2 aromatic rings. The molecule has 2 rings (SSSR count). The number of benzene rings is 1. The Kier molecular flexibility index (Phi) is 2.77. The predicted molar refractivity (Wildman–Crippen MR) is 62.8 cm³/mol. The van der Waals surface area contributed by atoms with E-state index < -0.39 is 0 Å². The van der Waals surface area contributed by atoms with Gasteiger partial charge in [-0.25, -0.2) is 0 Å². The van der Waals surface area contributed by atoms with Gasteiger partial charge in [0.1, 0.15) is 5.75 Å². The molecule has 0 fully saturated rings. The number of hydrogen-bond acceptors (Lipinski definition) is 2.